The SMILES string of the molecule is CN(C)C(=O)[C@@H]1C[C@@H]1C(=O)O. The highest BCUT2D eigenvalue weighted by Crippen LogP contribution is 2.39. The van der Waals surface area contributed by atoms with Gasteiger partial charge in [0, 0.05) is 14.1 Å². The monoisotopic (exact) mass is 157 g/mol. The van der Waals surface area contributed by atoms with Crippen LogP contribution in [0, 0.1) is 11.8 Å². The van der Waals surface area contributed by atoms with Gasteiger partial charge in [-0.15, -0.1) is 0 Å². The van der Waals surface area contributed by atoms with Crippen LogP contribution in [0.3, 0.4) is 0 Å². The second-order valence-corrected chi connectivity index (χ2v) is 3.02. The molecule has 1 fully saturated rings. The molecule has 1 rings (SSSR count). The van der Waals surface area contributed by atoms with Gasteiger partial charge >= 0.3 is 5.97 Å². The second kappa shape index (κ2) is 2.53. The fourth-order valence-electron chi connectivity index (χ4n) is 1.07. The molecule has 0 spiro atoms. The summed E-state index contributed by atoms with van der Waals surface area (Å²) in [6, 6.07) is 0. The minimum absolute atomic E-state index is 0.0719. The summed E-state index contributed by atoms with van der Waals surface area (Å²) in [4.78, 5) is 22.8. The topological polar surface area (TPSA) is 57.6 Å². The Balaban J connectivity index is 2.44. The lowest BCUT2D eigenvalue weighted by molar-refractivity contribution is -0.141. The van der Waals surface area contributed by atoms with Gasteiger partial charge in [0.1, 0.15) is 0 Å². The Bertz CT molecular complexity index is 200. The molecule has 0 saturated heterocycles. The number of amides is 1. The summed E-state index contributed by atoms with van der Waals surface area (Å²) in [7, 11) is 3.28. The normalized spacial score (nSPS) is 27.8. The van der Waals surface area contributed by atoms with Crippen molar-refractivity contribution < 1.29 is 14.7 Å². The molecule has 62 valence electrons. The van der Waals surface area contributed by atoms with E-state index in [0.717, 1.165) is 0 Å². The predicted molar refractivity (Wildman–Crippen MR) is 37.9 cm³/mol. The van der Waals surface area contributed by atoms with Crippen LogP contribution in [0.1, 0.15) is 6.42 Å². The van der Waals surface area contributed by atoms with Crippen molar-refractivity contribution in [3.05, 3.63) is 0 Å². The molecule has 0 aliphatic heterocycles. The summed E-state index contributed by atoms with van der Waals surface area (Å²) in [5.74, 6) is -1.62. The minimum atomic E-state index is -0.856. The highest BCUT2D eigenvalue weighted by Gasteiger charge is 2.48. The number of carboxylic acids is 1. The molecular weight excluding hydrogens is 146 g/mol. The van der Waals surface area contributed by atoms with Crippen LogP contribution in [0.2, 0.25) is 0 Å². The van der Waals surface area contributed by atoms with Gasteiger partial charge in [0.15, 0.2) is 0 Å². The average molecular weight is 157 g/mol. The van der Waals surface area contributed by atoms with E-state index in [4.69, 9.17) is 5.11 Å². The van der Waals surface area contributed by atoms with Gasteiger partial charge < -0.3 is 10.0 Å². The highest BCUT2D eigenvalue weighted by molar-refractivity contribution is 5.89. The van der Waals surface area contributed by atoms with Crippen LogP contribution in [-0.2, 0) is 9.59 Å². The van der Waals surface area contributed by atoms with Gasteiger partial charge in [-0.25, -0.2) is 0 Å². The molecule has 1 aliphatic carbocycles. The van der Waals surface area contributed by atoms with Gasteiger partial charge in [-0.1, -0.05) is 0 Å². The van der Waals surface area contributed by atoms with E-state index in [2.05, 4.69) is 0 Å². The molecule has 0 heterocycles. The number of nitrogens with zero attached hydrogens (tertiary/aromatic N) is 1. The molecule has 4 heteroatoms. The first kappa shape index (κ1) is 8.04. The number of carbonyl (C=O) groups is 2. The summed E-state index contributed by atoms with van der Waals surface area (Å²) >= 11 is 0. The van der Waals surface area contributed by atoms with E-state index in [-0.39, 0.29) is 11.8 Å². The van der Waals surface area contributed by atoms with Gasteiger partial charge in [0.2, 0.25) is 5.91 Å². The summed E-state index contributed by atoms with van der Waals surface area (Å²) < 4.78 is 0. The van der Waals surface area contributed by atoms with Crippen molar-refractivity contribution in [1.29, 1.82) is 0 Å². The molecule has 1 aliphatic rings. The Hall–Kier alpha value is -1.06. The van der Waals surface area contributed by atoms with Crippen LogP contribution < -0.4 is 0 Å². The van der Waals surface area contributed by atoms with Crippen molar-refractivity contribution >= 4 is 11.9 Å². The third kappa shape index (κ3) is 1.50. The van der Waals surface area contributed by atoms with Crippen molar-refractivity contribution in [3.8, 4) is 0 Å². The quantitative estimate of drug-likeness (QED) is 0.603. The molecule has 0 aromatic heterocycles. The molecule has 2 atom stereocenters. The first-order valence-electron chi connectivity index (χ1n) is 3.48. The Labute approximate surface area is 64.8 Å². The number of rotatable bonds is 2. The number of hydrogen-bond donors (Lipinski definition) is 1. The van der Waals surface area contributed by atoms with E-state index in [9.17, 15) is 9.59 Å². The standard InChI is InChI=1S/C7H11NO3/c1-8(2)6(9)4-3-5(4)7(10)11/h4-5H,3H2,1-2H3,(H,10,11)/t4-,5+/m1/s1. The molecule has 1 saturated carbocycles. The number of hydrogen-bond acceptors (Lipinski definition) is 2. The molecular formula is C7H11NO3. The Kier molecular flexibility index (Phi) is 1.85. The summed E-state index contributed by atoms with van der Waals surface area (Å²) in [6.45, 7) is 0. The maximum Gasteiger partial charge on any atom is 0.307 e. The fraction of sp³-hybridized carbons (Fsp3) is 0.714. The molecule has 11 heavy (non-hydrogen) atoms. The Morgan fingerprint density at radius 2 is 1.91 bits per heavy atom. The van der Waals surface area contributed by atoms with E-state index in [1.807, 2.05) is 0 Å². The summed E-state index contributed by atoms with van der Waals surface area (Å²) in [5, 5.41) is 8.48. The van der Waals surface area contributed by atoms with E-state index < -0.39 is 11.9 Å². The van der Waals surface area contributed by atoms with Crippen molar-refractivity contribution in [2.75, 3.05) is 14.1 Å². The van der Waals surface area contributed by atoms with Crippen molar-refractivity contribution in [1.82, 2.24) is 4.90 Å². The largest absolute Gasteiger partial charge is 0.481 e. The van der Waals surface area contributed by atoms with Crippen molar-refractivity contribution in [3.63, 3.8) is 0 Å². The van der Waals surface area contributed by atoms with Gasteiger partial charge in [-0.05, 0) is 6.42 Å². The Morgan fingerprint density at radius 1 is 1.36 bits per heavy atom. The molecule has 0 bridgehead atoms. The second-order valence-electron chi connectivity index (χ2n) is 3.02. The van der Waals surface area contributed by atoms with Gasteiger partial charge in [0.25, 0.3) is 0 Å². The summed E-state index contributed by atoms with van der Waals surface area (Å²) in [5.41, 5.74) is 0. The molecule has 4 nitrogen and oxygen atoms in total. The zero-order valence-corrected chi connectivity index (χ0v) is 6.57. The van der Waals surface area contributed by atoms with Gasteiger partial charge in [-0.3, -0.25) is 9.59 Å². The molecule has 0 aromatic carbocycles. The smallest absolute Gasteiger partial charge is 0.307 e. The van der Waals surface area contributed by atoms with E-state index >= 15 is 0 Å². The zero-order valence-electron chi connectivity index (χ0n) is 6.57. The van der Waals surface area contributed by atoms with Crippen LogP contribution in [0.4, 0.5) is 0 Å². The lowest BCUT2D eigenvalue weighted by Gasteiger charge is -2.08. The summed E-state index contributed by atoms with van der Waals surface area (Å²) in [6.07, 6.45) is 0.506. The average Bonchev–Trinajstić information content (AvgIpc) is 2.63. The first-order valence-corrected chi connectivity index (χ1v) is 3.48. The zero-order chi connectivity index (χ0) is 8.59. The molecule has 0 unspecified atom stereocenters. The lowest BCUT2D eigenvalue weighted by atomic mass is 10.3. The van der Waals surface area contributed by atoms with Crippen LogP contribution >= 0.6 is 0 Å². The number of carbonyl (C=O) groups excluding carboxylic acids is 1. The maximum atomic E-state index is 11.1. The fourth-order valence-corrected chi connectivity index (χ4v) is 1.07. The van der Waals surface area contributed by atoms with Crippen molar-refractivity contribution in [2.45, 2.75) is 6.42 Å². The molecule has 0 radical (unpaired) electrons. The van der Waals surface area contributed by atoms with Crippen LogP contribution in [0.5, 0.6) is 0 Å². The van der Waals surface area contributed by atoms with Crippen LogP contribution in [0.15, 0.2) is 0 Å². The van der Waals surface area contributed by atoms with E-state index in [1.54, 1.807) is 14.1 Å². The van der Waals surface area contributed by atoms with E-state index in [1.165, 1.54) is 4.90 Å². The lowest BCUT2D eigenvalue weighted by Crippen LogP contribution is -2.24. The number of aliphatic carboxylic acids is 1. The maximum absolute atomic E-state index is 11.1. The van der Waals surface area contributed by atoms with Gasteiger partial charge in [0.05, 0.1) is 11.8 Å². The molecule has 1 N–H and O–H groups in total. The first-order chi connectivity index (χ1) is 5.04. The van der Waals surface area contributed by atoms with Crippen LogP contribution in [-0.4, -0.2) is 36.0 Å². The molecule has 0 aromatic rings. The number of carboxylic acid groups (broad SMARTS) is 1. The Morgan fingerprint density at radius 3 is 2.18 bits per heavy atom. The van der Waals surface area contributed by atoms with E-state index in [0.29, 0.717) is 6.42 Å². The predicted octanol–water partition coefficient (Wildman–Crippen LogP) is -0.205. The third-order valence-electron chi connectivity index (χ3n) is 1.87. The minimum Gasteiger partial charge on any atom is -0.481 e. The highest BCUT2D eigenvalue weighted by atomic mass is 16.4. The molecule has 1 amide bonds. The van der Waals surface area contributed by atoms with Crippen LogP contribution in [0.25, 0.3) is 0 Å². The van der Waals surface area contributed by atoms with Crippen molar-refractivity contribution in [2.24, 2.45) is 11.8 Å². The van der Waals surface area contributed by atoms with Gasteiger partial charge in [-0.2, -0.15) is 0 Å². The third-order valence-corrected chi connectivity index (χ3v) is 1.87.